The molecule has 3 rings (SSSR count). The average molecular weight is 470 g/mol. The predicted molar refractivity (Wildman–Crippen MR) is 117 cm³/mol. The Balaban J connectivity index is 1.73. The lowest BCUT2D eigenvalue weighted by Gasteiger charge is -2.15. The maximum atomic E-state index is 14.3. The third-order valence-corrected chi connectivity index (χ3v) is 5.81. The molecule has 0 amide bonds. The first kappa shape index (κ1) is 24.1. The summed E-state index contributed by atoms with van der Waals surface area (Å²) in [4.78, 5) is 7.56. The zero-order chi connectivity index (χ0) is 23.1. The summed E-state index contributed by atoms with van der Waals surface area (Å²) in [6.45, 7) is 2.12. The first-order valence-electron chi connectivity index (χ1n) is 10.5. The summed E-state index contributed by atoms with van der Waals surface area (Å²) in [5, 5.41) is 2.20. The Labute approximate surface area is 187 Å². The summed E-state index contributed by atoms with van der Waals surface area (Å²) < 4.78 is 68.2. The summed E-state index contributed by atoms with van der Waals surface area (Å²) in [7, 11) is 0. The van der Waals surface area contributed by atoms with Gasteiger partial charge in [0.25, 0.3) is 0 Å². The molecule has 0 aliphatic rings. The molecule has 2 aromatic heterocycles. The van der Waals surface area contributed by atoms with E-state index in [0.29, 0.717) is 24.2 Å². The van der Waals surface area contributed by atoms with Crippen molar-refractivity contribution in [2.45, 2.75) is 58.0 Å². The molecule has 9 heteroatoms. The zero-order valence-corrected chi connectivity index (χ0v) is 18.4. The Kier molecular flexibility index (Phi) is 8.17. The van der Waals surface area contributed by atoms with E-state index in [4.69, 9.17) is 0 Å². The van der Waals surface area contributed by atoms with Crippen molar-refractivity contribution in [3.8, 4) is 11.3 Å². The van der Waals surface area contributed by atoms with Crippen LogP contribution in [0, 0.1) is 11.1 Å². The highest BCUT2D eigenvalue weighted by Gasteiger charge is 2.33. The van der Waals surface area contributed by atoms with Crippen LogP contribution in [0.2, 0.25) is 0 Å². The minimum Gasteiger partial charge on any atom is -0.331 e. The summed E-state index contributed by atoms with van der Waals surface area (Å²) in [5.74, 6) is -0.705. The minimum absolute atomic E-state index is 0.0410. The maximum absolute atomic E-state index is 14.3. The van der Waals surface area contributed by atoms with Crippen LogP contribution in [0.5, 0.6) is 0 Å². The van der Waals surface area contributed by atoms with E-state index < -0.39 is 22.8 Å². The number of nitrogens with zero attached hydrogens (tertiary/aromatic N) is 2. The van der Waals surface area contributed by atoms with Gasteiger partial charge in [-0.05, 0) is 42.7 Å². The maximum Gasteiger partial charge on any atom is 0.416 e. The number of unbranched alkanes of at least 4 members (excludes halogenated alkanes) is 5. The Hall–Kier alpha value is -2.55. The van der Waals surface area contributed by atoms with E-state index in [-0.39, 0.29) is 27.6 Å². The van der Waals surface area contributed by atoms with E-state index >= 15 is 0 Å². The van der Waals surface area contributed by atoms with Gasteiger partial charge >= 0.3 is 6.18 Å². The number of hydrogen-bond donors (Lipinski definition) is 1. The normalized spacial score (nSPS) is 11.7. The lowest BCUT2D eigenvalue weighted by molar-refractivity contribution is -0.138. The number of benzene rings is 1. The number of pyridine rings is 1. The van der Waals surface area contributed by atoms with Gasteiger partial charge in [-0.25, -0.2) is 9.97 Å². The van der Waals surface area contributed by atoms with Crippen LogP contribution in [0.3, 0.4) is 0 Å². The van der Waals surface area contributed by atoms with Crippen molar-refractivity contribution in [3.63, 3.8) is 0 Å². The summed E-state index contributed by atoms with van der Waals surface area (Å²) >= 11 is 0.657. The number of halogens is 5. The number of alkyl halides is 3. The molecule has 3 nitrogen and oxygen atoms in total. The molecule has 0 spiro atoms. The number of aromatic nitrogens is 2. The van der Waals surface area contributed by atoms with E-state index in [2.05, 4.69) is 22.2 Å². The minimum atomic E-state index is -4.49. The molecule has 0 fully saturated rings. The third-order valence-electron chi connectivity index (χ3n) is 5.05. The van der Waals surface area contributed by atoms with Crippen molar-refractivity contribution < 1.29 is 22.0 Å². The molecule has 1 N–H and O–H groups in total. The van der Waals surface area contributed by atoms with Crippen LogP contribution in [0.1, 0.15) is 56.6 Å². The van der Waals surface area contributed by atoms with Gasteiger partial charge in [0.2, 0.25) is 11.1 Å². The van der Waals surface area contributed by atoms with Gasteiger partial charge in [0.15, 0.2) is 5.13 Å². The molecule has 0 radical (unpaired) electrons. The first-order valence-corrected chi connectivity index (χ1v) is 11.3. The Morgan fingerprint density at radius 3 is 2.41 bits per heavy atom. The van der Waals surface area contributed by atoms with Crippen molar-refractivity contribution in [3.05, 3.63) is 58.7 Å². The molecule has 3 aromatic rings. The molecule has 0 aliphatic carbocycles. The van der Waals surface area contributed by atoms with Crippen molar-refractivity contribution in [1.29, 1.82) is 0 Å². The highest BCUT2D eigenvalue weighted by atomic mass is 32.1. The van der Waals surface area contributed by atoms with E-state index in [0.717, 1.165) is 50.4 Å². The number of thiazole rings is 1. The summed E-state index contributed by atoms with van der Waals surface area (Å²) in [6.07, 6.45) is 3.01. The van der Waals surface area contributed by atoms with Crippen LogP contribution >= 0.6 is 11.3 Å². The monoisotopic (exact) mass is 469 g/mol. The van der Waals surface area contributed by atoms with E-state index in [1.165, 1.54) is 12.1 Å². The van der Waals surface area contributed by atoms with E-state index in [1.807, 2.05) is 0 Å². The molecule has 0 unspecified atom stereocenters. The molecule has 2 heterocycles. The van der Waals surface area contributed by atoms with Gasteiger partial charge in [0.1, 0.15) is 5.69 Å². The highest BCUT2D eigenvalue weighted by Crippen LogP contribution is 2.36. The van der Waals surface area contributed by atoms with Crippen molar-refractivity contribution in [1.82, 2.24) is 9.97 Å². The van der Waals surface area contributed by atoms with Gasteiger partial charge in [-0.3, -0.25) is 0 Å². The van der Waals surface area contributed by atoms with E-state index in [1.54, 1.807) is 6.07 Å². The van der Waals surface area contributed by atoms with Gasteiger partial charge in [0.05, 0.1) is 5.56 Å². The van der Waals surface area contributed by atoms with Crippen LogP contribution in [0.4, 0.5) is 32.8 Å². The van der Waals surface area contributed by atoms with Crippen LogP contribution in [-0.4, -0.2) is 9.97 Å². The van der Waals surface area contributed by atoms with Crippen LogP contribution in [0.15, 0.2) is 36.5 Å². The Morgan fingerprint density at radius 1 is 0.969 bits per heavy atom. The van der Waals surface area contributed by atoms with Gasteiger partial charge in [0, 0.05) is 17.4 Å². The molecule has 1 aromatic carbocycles. The van der Waals surface area contributed by atoms with Crippen molar-refractivity contribution in [2.24, 2.45) is 0 Å². The van der Waals surface area contributed by atoms with Gasteiger partial charge in [-0.1, -0.05) is 56.4 Å². The number of aryl methyl sites for hydroxylation is 1. The molecule has 0 aliphatic heterocycles. The van der Waals surface area contributed by atoms with Crippen molar-refractivity contribution >= 4 is 22.2 Å². The lowest BCUT2D eigenvalue weighted by Crippen LogP contribution is -2.10. The predicted octanol–water partition coefficient (Wildman–Crippen LogP) is 8.15. The molecule has 0 saturated carbocycles. The highest BCUT2D eigenvalue weighted by molar-refractivity contribution is 7.14. The Morgan fingerprint density at radius 2 is 1.72 bits per heavy atom. The fourth-order valence-corrected chi connectivity index (χ4v) is 4.14. The Bertz CT molecular complexity index is 1020. The van der Waals surface area contributed by atoms with Gasteiger partial charge in [-0.15, -0.1) is 0 Å². The van der Waals surface area contributed by atoms with E-state index in [9.17, 15) is 22.0 Å². The molecular formula is C23H24F5N3S. The smallest absolute Gasteiger partial charge is 0.331 e. The molecule has 0 saturated heterocycles. The fourth-order valence-electron chi connectivity index (χ4n) is 3.40. The second kappa shape index (κ2) is 10.8. The SMILES string of the molecule is CCCCCCCCc1ccc(Nc2nc(-c3ccc(F)nc3)c(F)s2)cc1C(F)(F)F. The molecule has 172 valence electrons. The van der Waals surface area contributed by atoms with Gasteiger partial charge < -0.3 is 5.32 Å². The molecular weight excluding hydrogens is 445 g/mol. The topological polar surface area (TPSA) is 37.8 Å². The van der Waals surface area contributed by atoms with Crippen molar-refractivity contribution in [2.75, 3.05) is 5.32 Å². The summed E-state index contributed by atoms with van der Waals surface area (Å²) in [5.41, 5.74) is -0.0428. The molecule has 32 heavy (non-hydrogen) atoms. The largest absolute Gasteiger partial charge is 0.416 e. The first-order chi connectivity index (χ1) is 15.3. The van der Waals surface area contributed by atoms with Gasteiger partial charge in [-0.2, -0.15) is 22.0 Å². The zero-order valence-electron chi connectivity index (χ0n) is 17.6. The number of anilines is 2. The number of nitrogens with one attached hydrogen (secondary N) is 1. The lowest BCUT2D eigenvalue weighted by atomic mass is 9.99. The number of rotatable bonds is 10. The second-order valence-electron chi connectivity index (χ2n) is 7.52. The van der Waals surface area contributed by atoms with Crippen LogP contribution < -0.4 is 5.32 Å². The molecule has 0 bridgehead atoms. The number of hydrogen-bond acceptors (Lipinski definition) is 4. The molecule has 0 atom stereocenters. The third kappa shape index (κ3) is 6.48. The average Bonchev–Trinajstić information content (AvgIpc) is 3.11. The van der Waals surface area contributed by atoms with Crippen LogP contribution in [-0.2, 0) is 12.6 Å². The van der Waals surface area contributed by atoms with Crippen LogP contribution in [0.25, 0.3) is 11.3 Å². The summed E-state index contributed by atoms with van der Waals surface area (Å²) in [6, 6.07) is 6.46. The standard InChI is InChI=1S/C23H24F5N3S/c1-2-3-4-5-6-7-8-15-9-11-17(13-18(15)23(26,27)28)30-22-31-20(21(25)32-22)16-10-12-19(24)29-14-16/h9-14H,2-8H2,1H3,(H,30,31). The quantitative estimate of drug-likeness (QED) is 0.185. The fraction of sp³-hybridized carbons (Fsp3) is 0.391. The second-order valence-corrected chi connectivity index (χ2v) is 8.47.